The van der Waals surface area contributed by atoms with Crippen molar-refractivity contribution in [2.75, 3.05) is 31.2 Å². The summed E-state index contributed by atoms with van der Waals surface area (Å²) in [5, 5.41) is 20.3. The molecule has 39 heavy (non-hydrogen) atoms. The van der Waals surface area contributed by atoms with Crippen LogP contribution in [-0.4, -0.2) is 48.7 Å². The van der Waals surface area contributed by atoms with Gasteiger partial charge in [-0.15, -0.1) is 0 Å². The van der Waals surface area contributed by atoms with Crippen molar-refractivity contribution in [3.05, 3.63) is 65.6 Å². The maximum Gasteiger partial charge on any atom is 0.148 e. The number of rotatable bonds is 14. The summed E-state index contributed by atoms with van der Waals surface area (Å²) in [7, 11) is 0. The fraction of sp³-hybridized carbons (Fsp3) is 0.500. The topological polar surface area (TPSA) is 134 Å². The predicted molar refractivity (Wildman–Crippen MR) is 159 cm³/mol. The van der Waals surface area contributed by atoms with Crippen LogP contribution >= 0.6 is 11.8 Å². The van der Waals surface area contributed by atoms with Crippen LogP contribution in [0.2, 0.25) is 0 Å². The van der Waals surface area contributed by atoms with Crippen molar-refractivity contribution in [3.8, 4) is 12.1 Å². The fourth-order valence-electron chi connectivity index (χ4n) is 4.39. The Morgan fingerprint density at radius 3 is 2.33 bits per heavy atom. The van der Waals surface area contributed by atoms with E-state index in [1.807, 2.05) is 39.8 Å². The summed E-state index contributed by atoms with van der Waals surface area (Å²) in [4.78, 5) is 6.97. The van der Waals surface area contributed by atoms with Gasteiger partial charge in [-0.05, 0) is 43.2 Å². The normalized spacial score (nSPS) is 15.5. The smallest absolute Gasteiger partial charge is 0.148 e. The molecule has 1 fully saturated rings. The van der Waals surface area contributed by atoms with Gasteiger partial charge >= 0.3 is 0 Å². The summed E-state index contributed by atoms with van der Waals surface area (Å²) in [5.74, 6) is 1.43. The molecule has 0 aromatic carbocycles. The number of allylic oxidation sites excluding steroid dienone is 2. The van der Waals surface area contributed by atoms with Crippen molar-refractivity contribution < 1.29 is 9.47 Å². The zero-order chi connectivity index (χ0) is 29.1. The molecule has 8 nitrogen and oxygen atoms in total. The first kappa shape index (κ1) is 32.0. The Morgan fingerprint density at radius 1 is 1.18 bits per heavy atom. The number of hydrogen-bond donors (Lipinski definition) is 2. The van der Waals surface area contributed by atoms with Crippen LogP contribution < -0.4 is 16.4 Å². The van der Waals surface area contributed by atoms with Gasteiger partial charge in [0.15, 0.2) is 0 Å². The molecule has 0 spiro atoms. The van der Waals surface area contributed by atoms with Gasteiger partial charge in [-0.3, -0.25) is 0 Å². The highest BCUT2D eigenvalue weighted by molar-refractivity contribution is 8.00. The van der Waals surface area contributed by atoms with Gasteiger partial charge in [-0.2, -0.15) is 10.5 Å². The van der Waals surface area contributed by atoms with E-state index in [0.717, 1.165) is 18.4 Å². The number of nitrogens with zero attached hydrogens (tertiary/aromatic N) is 4. The van der Waals surface area contributed by atoms with E-state index in [9.17, 15) is 10.5 Å². The van der Waals surface area contributed by atoms with E-state index in [1.165, 1.54) is 11.8 Å². The second kappa shape index (κ2) is 15.4. The van der Waals surface area contributed by atoms with E-state index < -0.39 is 0 Å². The number of thioether (sulfide) groups is 1. The molecule has 2 heterocycles. The quantitative estimate of drug-likeness (QED) is 0.143. The Labute approximate surface area is 238 Å². The molecule has 1 aliphatic rings. The average Bonchev–Trinajstić information content (AvgIpc) is 2.92. The van der Waals surface area contributed by atoms with Crippen molar-refractivity contribution in [3.63, 3.8) is 0 Å². The number of nitrogens with two attached hydrogens (primary N) is 2. The molecule has 2 rings (SSSR count). The molecule has 210 valence electrons. The fourth-order valence-corrected chi connectivity index (χ4v) is 5.42. The number of pyridine rings is 1. The molecule has 1 aromatic heterocycles. The lowest BCUT2D eigenvalue weighted by atomic mass is 10.0. The van der Waals surface area contributed by atoms with E-state index in [1.54, 1.807) is 0 Å². The minimum Gasteiger partial charge on any atom is -0.494 e. The number of ether oxygens (including phenoxy) is 2. The van der Waals surface area contributed by atoms with Crippen molar-refractivity contribution in [1.82, 2.24) is 4.98 Å². The number of hydrogen-bond acceptors (Lipinski definition) is 9. The standard InChI is InChI=1S/C30H42N6O2S/c1-8-10-20(5)28(21(6)33)39-30-26(18-32)24(9-2)25(17-31)29(35-30)36-13-11-23(12-14-36)38-16-15-37-22(7)27(34)19(3)4/h8,10,19,23,27-28H,5-7,9,11-16,33-34H2,1-4H3/b10-8-. The van der Waals surface area contributed by atoms with Crippen molar-refractivity contribution in [2.45, 2.75) is 69.4 Å². The monoisotopic (exact) mass is 550 g/mol. The van der Waals surface area contributed by atoms with E-state index in [2.05, 4.69) is 36.8 Å². The molecule has 0 bridgehead atoms. The Kier molecular flexibility index (Phi) is 12.6. The van der Waals surface area contributed by atoms with E-state index in [4.69, 9.17) is 25.9 Å². The lowest BCUT2D eigenvalue weighted by Gasteiger charge is -2.34. The molecular weight excluding hydrogens is 508 g/mol. The molecule has 9 heteroatoms. The number of aromatic nitrogens is 1. The van der Waals surface area contributed by atoms with Gasteiger partial charge in [-0.25, -0.2) is 4.98 Å². The number of anilines is 1. The molecule has 0 amide bonds. The van der Waals surface area contributed by atoms with E-state index >= 15 is 0 Å². The minimum absolute atomic E-state index is 0.0781. The largest absolute Gasteiger partial charge is 0.494 e. The van der Waals surface area contributed by atoms with Gasteiger partial charge in [0.05, 0.1) is 35.1 Å². The van der Waals surface area contributed by atoms with Gasteiger partial charge in [0.1, 0.15) is 35.3 Å². The maximum atomic E-state index is 10.1. The predicted octanol–water partition coefficient (Wildman–Crippen LogP) is 4.95. The van der Waals surface area contributed by atoms with E-state index in [0.29, 0.717) is 71.7 Å². The minimum atomic E-state index is -0.348. The Morgan fingerprint density at radius 2 is 1.82 bits per heavy atom. The first-order valence-corrected chi connectivity index (χ1v) is 14.2. The number of nitriles is 2. The third kappa shape index (κ3) is 8.37. The average molecular weight is 551 g/mol. The SMILES string of the molecule is C=C(N)C(Sc1nc(N2CCC(OCCOC(=C)C(N)C(C)C)CC2)c(C#N)c(CC)c1C#N)C(=C)/C=C\C. The first-order chi connectivity index (χ1) is 18.6. The van der Waals surface area contributed by atoms with Crippen LogP contribution in [0.4, 0.5) is 5.82 Å². The molecule has 0 radical (unpaired) electrons. The molecule has 0 aliphatic carbocycles. The highest BCUT2D eigenvalue weighted by Crippen LogP contribution is 2.37. The van der Waals surface area contributed by atoms with Crippen molar-refractivity contribution in [2.24, 2.45) is 17.4 Å². The second-order valence-corrected chi connectivity index (χ2v) is 10.9. The lowest BCUT2D eigenvalue weighted by Crippen LogP contribution is -2.38. The highest BCUT2D eigenvalue weighted by Gasteiger charge is 2.28. The van der Waals surface area contributed by atoms with Crippen LogP contribution in [0.5, 0.6) is 0 Å². The van der Waals surface area contributed by atoms with Gasteiger partial charge in [0.25, 0.3) is 0 Å². The van der Waals surface area contributed by atoms with Crippen molar-refractivity contribution in [1.29, 1.82) is 10.5 Å². The Balaban J connectivity index is 2.19. The van der Waals surface area contributed by atoms with Crippen LogP contribution in [0, 0.1) is 28.6 Å². The molecule has 1 saturated heterocycles. The van der Waals surface area contributed by atoms with Crippen LogP contribution in [-0.2, 0) is 15.9 Å². The van der Waals surface area contributed by atoms with Gasteiger partial charge in [-0.1, -0.05) is 64.4 Å². The molecule has 1 aromatic rings. The van der Waals surface area contributed by atoms with Crippen LogP contribution in [0.1, 0.15) is 57.2 Å². The summed E-state index contributed by atoms with van der Waals surface area (Å²) in [6.07, 6.45) is 5.93. The molecular formula is C30H42N6O2S. The highest BCUT2D eigenvalue weighted by atomic mass is 32.2. The van der Waals surface area contributed by atoms with Crippen molar-refractivity contribution >= 4 is 17.6 Å². The van der Waals surface area contributed by atoms with Gasteiger partial charge in [0.2, 0.25) is 0 Å². The zero-order valence-corrected chi connectivity index (χ0v) is 24.5. The summed E-state index contributed by atoms with van der Waals surface area (Å²) < 4.78 is 11.7. The third-order valence-corrected chi connectivity index (χ3v) is 8.03. The molecule has 4 N–H and O–H groups in total. The lowest BCUT2D eigenvalue weighted by molar-refractivity contribution is 0.00630. The molecule has 1 aliphatic heterocycles. The van der Waals surface area contributed by atoms with E-state index in [-0.39, 0.29) is 23.3 Å². The summed E-state index contributed by atoms with van der Waals surface area (Å²) in [6.45, 7) is 22.1. The van der Waals surface area contributed by atoms with Crippen LogP contribution in [0.3, 0.4) is 0 Å². The zero-order valence-electron chi connectivity index (χ0n) is 23.7. The third-order valence-electron chi connectivity index (χ3n) is 6.67. The summed E-state index contributed by atoms with van der Waals surface area (Å²) >= 11 is 1.34. The van der Waals surface area contributed by atoms with Crippen LogP contribution in [0.25, 0.3) is 0 Å². The summed E-state index contributed by atoms with van der Waals surface area (Å²) in [5.41, 5.74) is 14.9. The molecule has 0 saturated carbocycles. The second-order valence-electron chi connectivity index (χ2n) is 9.84. The van der Waals surface area contributed by atoms with Gasteiger partial charge in [0, 0.05) is 18.8 Å². The Hall–Kier alpha value is -3.24. The Bertz CT molecular complexity index is 1160. The first-order valence-electron chi connectivity index (χ1n) is 13.3. The van der Waals surface area contributed by atoms with Gasteiger partial charge < -0.3 is 25.8 Å². The maximum absolute atomic E-state index is 10.1. The summed E-state index contributed by atoms with van der Waals surface area (Å²) in [6, 6.07) is 4.39. The molecule has 2 unspecified atom stereocenters. The molecule has 2 atom stereocenters. The number of piperidine rings is 1. The van der Waals surface area contributed by atoms with Crippen LogP contribution in [0.15, 0.2) is 53.9 Å².